The van der Waals surface area contributed by atoms with Crippen LogP contribution in [-0.4, -0.2) is 42.5 Å². The van der Waals surface area contributed by atoms with Gasteiger partial charge in [-0.3, -0.25) is 9.78 Å². The molecule has 0 unspecified atom stereocenters. The Bertz CT molecular complexity index is 627. The largest absolute Gasteiger partial charge is 0.492 e. The fourth-order valence-corrected chi connectivity index (χ4v) is 3.16. The zero-order valence-corrected chi connectivity index (χ0v) is 14.9. The van der Waals surface area contributed by atoms with E-state index < -0.39 is 0 Å². The Labute approximate surface area is 149 Å². The third kappa shape index (κ3) is 4.62. The Kier molecular flexibility index (Phi) is 5.74. The van der Waals surface area contributed by atoms with Crippen LogP contribution in [0.15, 0.2) is 37.1 Å². The Hall–Kier alpha value is -2.30. The van der Waals surface area contributed by atoms with Gasteiger partial charge in [0.05, 0.1) is 24.2 Å². The van der Waals surface area contributed by atoms with E-state index in [-0.39, 0.29) is 0 Å². The average Bonchev–Trinajstić information content (AvgIpc) is 3.50. The molecule has 1 saturated heterocycles. The van der Waals surface area contributed by atoms with Crippen LogP contribution in [-0.2, 0) is 4.79 Å². The minimum absolute atomic E-state index is 0.329. The first-order chi connectivity index (χ1) is 12.2. The Morgan fingerprint density at radius 1 is 1.36 bits per heavy atom. The van der Waals surface area contributed by atoms with Crippen molar-refractivity contribution in [3.63, 3.8) is 0 Å². The van der Waals surface area contributed by atoms with Gasteiger partial charge in [-0.05, 0) is 49.8 Å². The molecule has 1 aromatic heterocycles. The van der Waals surface area contributed by atoms with Crippen LogP contribution in [0.3, 0.4) is 0 Å². The van der Waals surface area contributed by atoms with Gasteiger partial charge in [0.1, 0.15) is 5.75 Å². The summed E-state index contributed by atoms with van der Waals surface area (Å²) in [6.45, 7) is 6.14. The van der Waals surface area contributed by atoms with Gasteiger partial charge in [-0.25, -0.2) is 0 Å². The van der Waals surface area contributed by atoms with E-state index in [0.29, 0.717) is 24.3 Å². The van der Waals surface area contributed by atoms with E-state index in [4.69, 9.17) is 4.74 Å². The molecule has 1 aliphatic heterocycles. The number of allylic oxidation sites excluding steroid dienone is 2. The molecule has 3 rings (SSSR count). The van der Waals surface area contributed by atoms with Crippen LogP contribution < -0.4 is 10.1 Å². The van der Waals surface area contributed by atoms with Crippen molar-refractivity contribution in [2.24, 2.45) is 11.8 Å². The standard InChI is InChI=1S/C20H27N3O2/c1-3-4-18(21-2)19-8-7-17(13-22-19)25-14-15-9-11-23(12-10-15)20(24)16-5-6-16/h3-4,7-8,13,15-16,21H,1,5-6,9-12,14H2,2H3/b18-4-. The van der Waals surface area contributed by atoms with Crippen LogP contribution in [0.4, 0.5) is 0 Å². The first kappa shape index (κ1) is 17.5. The highest BCUT2D eigenvalue weighted by molar-refractivity contribution is 5.81. The molecule has 0 bridgehead atoms. The van der Waals surface area contributed by atoms with E-state index in [1.807, 2.05) is 30.2 Å². The Morgan fingerprint density at radius 2 is 2.12 bits per heavy atom. The highest BCUT2D eigenvalue weighted by Crippen LogP contribution is 2.32. The fraction of sp³-hybridized carbons (Fsp3) is 0.500. The van der Waals surface area contributed by atoms with Gasteiger partial charge in [0.25, 0.3) is 0 Å². The molecule has 1 saturated carbocycles. The number of pyridine rings is 1. The molecule has 0 aromatic carbocycles. The molecule has 0 radical (unpaired) electrons. The highest BCUT2D eigenvalue weighted by Gasteiger charge is 2.34. The van der Waals surface area contributed by atoms with Crippen LogP contribution in [0.2, 0.25) is 0 Å². The second-order valence-corrected chi connectivity index (χ2v) is 6.80. The van der Waals surface area contributed by atoms with Gasteiger partial charge in [0, 0.05) is 26.1 Å². The summed E-state index contributed by atoms with van der Waals surface area (Å²) in [5, 5.41) is 3.10. The van der Waals surface area contributed by atoms with Gasteiger partial charge in [-0.15, -0.1) is 0 Å². The van der Waals surface area contributed by atoms with E-state index in [2.05, 4.69) is 16.9 Å². The van der Waals surface area contributed by atoms with E-state index in [9.17, 15) is 4.79 Å². The smallest absolute Gasteiger partial charge is 0.225 e. The average molecular weight is 341 g/mol. The first-order valence-corrected chi connectivity index (χ1v) is 9.09. The summed E-state index contributed by atoms with van der Waals surface area (Å²) in [6.07, 6.45) is 9.60. The number of likely N-dealkylation sites (tertiary alicyclic amines) is 1. The highest BCUT2D eigenvalue weighted by atomic mass is 16.5. The summed E-state index contributed by atoms with van der Waals surface area (Å²) >= 11 is 0. The van der Waals surface area contributed by atoms with Crippen molar-refractivity contribution in [2.45, 2.75) is 25.7 Å². The number of piperidine rings is 1. The van der Waals surface area contributed by atoms with Gasteiger partial charge in [-0.2, -0.15) is 0 Å². The number of rotatable bonds is 7. The quantitative estimate of drug-likeness (QED) is 0.775. The molecule has 2 fully saturated rings. The number of amides is 1. The van der Waals surface area contributed by atoms with E-state index in [1.165, 1.54) is 0 Å². The minimum Gasteiger partial charge on any atom is -0.492 e. The number of nitrogens with zero attached hydrogens (tertiary/aromatic N) is 2. The van der Waals surface area contributed by atoms with Crippen LogP contribution >= 0.6 is 0 Å². The lowest BCUT2D eigenvalue weighted by Gasteiger charge is -2.32. The minimum atomic E-state index is 0.329. The van der Waals surface area contributed by atoms with Crippen molar-refractivity contribution >= 4 is 11.6 Å². The maximum atomic E-state index is 12.1. The molecule has 1 N–H and O–H groups in total. The molecule has 134 valence electrons. The molecular weight excluding hydrogens is 314 g/mol. The number of carbonyl (C=O) groups excluding carboxylic acids is 1. The monoisotopic (exact) mass is 341 g/mol. The molecule has 5 heteroatoms. The van der Waals surface area contributed by atoms with E-state index in [1.54, 1.807) is 12.3 Å². The zero-order valence-electron chi connectivity index (χ0n) is 14.9. The molecule has 2 aliphatic rings. The SMILES string of the molecule is C=C/C=C(\NC)c1ccc(OCC2CCN(C(=O)C3CC3)CC2)cn1. The van der Waals surface area contributed by atoms with Crippen LogP contribution in [0, 0.1) is 11.8 Å². The number of hydrogen-bond acceptors (Lipinski definition) is 4. The van der Waals surface area contributed by atoms with E-state index >= 15 is 0 Å². The van der Waals surface area contributed by atoms with Crippen LogP contribution in [0.1, 0.15) is 31.4 Å². The van der Waals surface area contributed by atoms with Gasteiger partial charge < -0.3 is 15.0 Å². The normalized spacial score (nSPS) is 18.8. The van der Waals surface area contributed by atoms with E-state index in [0.717, 1.165) is 55.9 Å². The van der Waals surface area contributed by atoms with Gasteiger partial charge in [0.15, 0.2) is 0 Å². The summed E-state index contributed by atoms with van der Waals surface area (Å²) in [5.74, 6) is 1.99. The lowest BCUT2D eigenvalue weighted by atomic mass is 9.97. The third-order valence-electron chi connectivity index (χ3n) is 4.90. The lowest BCUT2D eigenvalue weighted by Crippen LogP contribution is -2.40. The first-order valence-electron chi connectivity index (χ1n) is 9.09. The van der Waals surface area contributed by atoms with Crippen molar-refractivity contribution in [3.8, 4) is 5.75 Å². The predicted molar refractivity (Wildman–Crippen MR) is 99.0 cm³/mol. The van der Waals surface area contributed by atoms with Crippen molar-refractivity contribution < 1.29 is 9.53 Å². The Morgan fingerprint density at radius 3 is 2.68 bits per heavy atom. The summed E-state index contributed by atoms with van der Waals surface area (Å²) in [4.78, 5) is 18.6. The molecule has 5 nitrogen and oxygen atoms in total. The topological polar surface area (TPSA) is 54.5 Å². The third-order valence-corrected chi connectivity index (χ3v) is 4.90. The fourth-order valence-electron chi connectivity index (χ4n) is 3.16. The summed E-state index contributed by atoms with van der Waals surface area (Å²) < 4.78 is 5.90. The number of ether oxygens (including phenoxy) is 1. The van der Waals surface area contributed by atoms with Gasteiger partial charge >= 0.3 is 0 Å². The molecule has 25 heavy (non-hydrogen) atoms. The van der Waals surface area contributed by atoms with Gasteiger partial charge in [-0.1, -0.05) is 12.7 Å². The van der Waals surface area contributed by atoms with Crippen molar-refractivity contribution in [3.05, 3.63) is 42.8 Å². The maximum Gasteiger partial charge on any atom is 0.225 e. The molecule has 0 spiro atoms. The second kappa shape index (κ2) is 8.19. The van der Waals surface area contributed by atoms with Crippen molar-refractivity contribution in [1.29, 1.82) is 0 Å². The summed E-state index contributed by atoms with van der Waals surface area (Å²) in [7, 11) is 1.86. The number of carbonyl (C=O) groups is 1. The molecule has 0 atom stereocenters. The maximum absolute atomic E-state index is 12.1. The summed E-state index contributed by atoms with van der Waals surface area (Å²) in [5.41, 5.74) is 1.79. The predicted octanol–water partition coefficient (Wildman–Crippen LogP) is 2.86. The van der Waals surface area contributed by atoms with Crippen molar-refractivity contribution in [1.82, 2.24) is 15.2 Å². The Balaban J connectivity index is 1.45. The number of aromatic nitrogens is 1. The zero-order chi connectivity index (χ0) is 17.6. The molecule has 1 aliphatic carbocycles. The summed E-state index contributed by atoms with van der Waals surface area (Å²) in [6, 6.07) is 3.89. The molecule has 2 heterocycles. The number of nitrogens with one attached hydrogen (secondary N) is 1. The number of hydrogen-bond donors (Lipinski definition) is 1. The van der Waals surface area contributed by atoms with Crippen LogP contribution in [0.5, 0.6) is 5.75 Å². The van der Waals surface area contributed by atoms with Crippen molar-refractivity contribution in [2.75, 3.05) is 26.7 Å². The molecular formula is C20H27N3O2. The molecule has 1 aromatic rings. The molecule has 1 amide bonds. The van der Waals surface area contributed by atoms with Crippen LogP contribution in [0.25, 0.3) is 5.70 Å². The second-order valence-electron chi connectivity index (χ2n) is 6.80. The lowest BCUT2D eigenvalue weighted by molar-refractivity contribution is -0.134. The van der Waals surface area contributed by atoms with Gasteiger partial charge in [0.2, 0.25) is 5.91 Å².